The lowest BCUT2D eigenvalue weighted by Crippen LogP contribution is -2.22. The fourth-order valence-corrected chi connectivity index (χ4v) is 12.4. The number of benzene rings is 9. The number of para-hydroxylation sites is 5. The van der Waals surface area contributed by atoms with Crippen LogP contribution in [-0.2, 0) is 6.42 Å². The van der Waals surface area contributed by atoms with E-state index in [4.69, 9.17) is 4.42 Å². The van der Waals surface area contributed by atoms with Crippen LogP contribution in [0.1, 0.15) is 80.3 Å². The van der Waals surface area contributed by atoms with Crippen molar-refractivity contribution in [2.24, 2.45) is 0 Å². The second-order valence-corrected chi connectivity index (χ2v) is 21.0. The third-order valence-corrected chi connectivity index (χ3v) is 16.6. The zero-order valence-electron chi connectivity index (χ0n) is 39.9. The first-order valence-corrected chi connectivity index (χ1v) is 26.1. The van der Waals surface area contributed by atoms with Crippen LogP contribution < -0.4 is 15.0 Å². The van der Waals surface area contributed by atoms with Crippen LogP contribution in [0.25, 0.3) is 60.3 Å². The zero-order chi connectivity index (χ0) is 46.8. The molecule has 0 saturated carbocycles. The maximum atomic E-state index is 11.9. The van der Waals surface area contributed by atoms with Gasteiger partial charge >= 0.3 is 0 Å². The SMILES string of the molecule is CCCCC(C)c1cccc(-c2cccc(N(c3ccccc3)c3cc(C)c4ccc5c6c(ccc3c46)CC(C)=CC=5N(c3ccccc3)c3cccc4c3oc3c(C5CCP5)cccc34)c2)c1O. The molecule has 2 heterocycles. The molecule has 9 aromatic carbocycles. The summed E-state index contributed by atoms with van der Waals surface area (Å²) >= 11 is 0. The highest BCUT2D eigenvalue weighted by Crippen LogP contribution is 2.52. The standard InChI is InChI=1S/C64H57N2O2P/c1-5-6-17-41(3)49-24-14-25-50(62(49)67)43-18-13-23-47(39-43)65(45-19-9-7-10-20-45)58-38-42(4)48-32-33-53-57(37-40(2)36-44-30-31-54(58)61(48)60(44)53)66(46-21-11-8-12-22-46)56-29-16-27-52-51-26-15-28-55(59-34-35-69-59)63(51)68-64(52)56/h7-16,18-33,37-39,41,59,67,69H,5-6,17,34-36H2,1-4H3. The van der Waals surface area contributed by atoms with E-state index in [0.717, 1.165) is 102 Å². The molecule has 1 aliphatic heterocycles. The smallest absolute Gasteiger partial charge is 0.159 e. The molecule has 1 fully saturated rings. The lowest BCUT2D eigenvalue weighted by atomic mass is 9.90. The molecule has 340 valence electrons. The lowest BCUT2D eigenvalue weighted by Gasteiger charge is -2.29. The fraction of sp³-hybridized carbons (Fsp3) is 0.188. The van der Waals surface area contributed by atoms with Crippen LogP contribution in [0.4, 0.5) is 28.4 Å². The van der Waals surface area contributed by atoms with Crippen molar-refractivity contribution >= 4 is 86.2 Å². The van der Waals surface area contributed by atoms with E-state index in [9.17, 15) is 5.11 Å². The van der Waals surface area contributed by atoms with E-state index in [-0.39, 0.29) is 5.92 Å². The summed E-state index contributed by atoms with van der Waals surface area (Å²) in [5.74, 6) is 0.650. The highest BCUT2D eigenvalue weighted by molar-refractivity contribution is 7.40. The van der Waals surface area contributed by atoms with E-state index in [0.29, 0.717) is 11.4 Å². The first-order valence-electron chi connectivity index (χ1n) is 24.9. The number of unbranched alkanes of at least 4 members (excludes halogenated alkanes) is 1. The van der Waals surface area contributed by atoms with Gasteiger partial charge in [-0.05, 0) is 138 Å². The number of allylic oxidation sites excluding steroid dienone is 1. The number of hydrogen-bond donors (Lipinski definition) is 1. The van der Waals surface area contributed by atoms with Gasteiger partial charge in [-0.2, -0.15) is 0 Å². The van der Waals surface area contributed by atoms with E-state index in [1.165, 1.54) is 67.0 Å². The quantitative estimate of drug-likeness (QED) is 0.124. The molecule has 0 spiro atoms. The van der Waals surface area contributed by atoms with E-state index < -0.39 is 0 Å². The number of anilines is 5. The molecule has 2 aliphatic rings. The summed E-state index contributed by atoms with van der Waals surface area (Å²) in [7, 11) is 0.951. The van der Waals surface area contributed by atoms with Gasteiger partial charge in [0.05, 0.1) is 17.1 Å². The summed E-state index contributed by atoms with van der Waals surface area (Å²) in [5.41, 5.74) is 17.0. The van der Waals surface area contributed by atoms with Crippen molar-refractivity contribution in [2.45, 2.75) is 71.4 Å². The number of phenolic OH excluding ortho intramolecular Hbond substituents is 1. The first-order chi connectivity index (χ1) is 33.9. The summed E-state index contributed by atoms with van der Waals surface area (Å²) in [4.78, 5) is 4.86. The van der Waals surface area contributed by atoms with Gasteiger partial charge in [-0.3, -0.25) is 0 Å². The Balaban J connectivity index is 1.09. The number of rotatable bonds is 12. The molecule has 0 bridgehead atoms. The van der Waals surface area contributed by atoms with E-state index >= 15 is 0 Å². The Kier molecular flexibility index (Phi) is 11.1. The number of hydrogen-bond acceptors (Lipinski definition) is 4. The van der Waals surface area contributed by atoms with Gasteiger partial charge in [0.25, 0.3) is 0 Å². The van der Waals surface area contributed by atoms with Gasteiger partial charge in [-0.1, -0.05) is 154 Å². The highest BCUT2D eigenvalue weighted by atomic mass is 31.1. The topological polar surface area (TPSA) is 39.9 Å². The Hall–Kier alpha value is -7.13. The van der Waals surface area contributed by atoms with Crippen LogP contribution >= 0.6 is 8.58 Å². The average molecular weight is 917 g/mol. The van der Waals surface area contributed by atoms with Crippen LogP contribution in [0.5, 0.6) is 5.75 Å². The Bertz CT molecular complexity index is 3680. The second-order valence-electron chi connectivity index (χ2n) is 19.4. The van der Waals surface area contributed by atoms with E-state index in [1.54, 1.807) is 0 Å². The minimum absolute atomic E-state index is 0.270. The Morgan fingerprint density at radius 2 is 1.35 bits per heavy atom. The summed E-state index contributed by atoms with van der Waals surface area (Å²) in [6.07, 6.45) is 9.11. The minimum atomic E-state index is 0.270. The molecule has 0 amide bonds. The monoisotopic (exact) mass is 916 g/mol. The summed E-state index contributed by atoms with van der Waals surface area (Å²) in [6, 6.07) is 61.8. The average Bonchev–Trinajstić information content (AvgIpc) is 3.68. The maximum Gasteiger partial charge on any atom is 0.159 e. The number of nitrogens with zero attached hydrogens (tertiary/aromatic N) is 2. The molecule has 12 rings (SSSR count). The molecule has 10 aromatic rings. The molecule has 3 unspecified atom stereocenters. The van der Waals surface area contributed by atoms with Gasteiger partial charge in [-0.25, -0.2) is 0 Å². The van der Waals surface area contributed by atoms with Gasteiger partial charge in [0.15, 0.2) is 5.58 Å². The predicted octanol–water partition coefficient (Wildman–Crippen LogP) is 17.6. The normalized spacial score (nSPS) is 15.4. The van der Waals surface area contributed by atoms with Gasteiger partial charge in [0.2, 0.25) is 0 Å². The van der Waals surface area contributed by atoms with Crippen molar-refractivity contribution in [1.29, 1.82) is 0 Å². The van der Waals surface area contributed by atoms with Crippen LogP contribution in [0, 0.1) is 6.92 Å². The number of fused-ring (bicyclic) bond motifs is 3. The lowest BCUT2D eigenvalue weighted by molar-refractivity contribution is 0.461. The molecular weight excluding hydrogens is 860 g/mol. The van der Waals surface area contributed by atoms with Gasteiger partial charge in [0, 0.05) is 55.2 Å². The number of furan rings is 1. The van der Waals surface area contributed by atoms with Gasteiger partial charge < -0.3 is 19.3 Å². The number of aromatic hydroxyl groups is 1. The van der Waals surface area contributed by atoms with Crippen LogP contribution in [0.2, 0.25) is 0 Å². The van der Waals surface area contributed by atoms with Gasteiger partial charge in [-0.15, -0.1) is 8.58 Å². The molecule has 1 aromatic heterocycles. The van der Waals surface area contributed by atoms with Crippen molar-refractivity contribution in [2.75, 3.05) is 16.0 Å². The van der Waals surface area contributed by atoms with Crippen molar-refractivity contribution in [3.8, 4) is 16.9 Å². The molecule has 69 heavy (non-hydrogen) atoms. The zero-order valence-corrected chi connectivity index (χ0v) is 40.9. The fourth-order valence-electron chi connectivity index (χ4n) is 11.4. The molecule has 1 saturated heterocycles. The maximum absolute atomic E-state index is 11.9. The third-order valence-electron chi connectivity index (χ3n) is 14.9. The number of phenols is 1. The largest absolute Gasteiger partial charge is 0.507 e. The van der Waals surface area contributed by atoms with E-state index in [1.807, 2.05) is 0 Å². The van der Waals surface area contributed by atoms with Crippen molar-refractivity contribution < 1.29 is 9.52 Å². The van der Waals surface area contributed by atoms with Crippen LogP contribution in [0.3, 0.4) is 0 Å². The molecule has 4 nitrogen and oxygen atoms in total. The third kappa shape index (κ3) is 7.40. The van der Waals surface area contributed by atoms with E-state index in [2.05, 4.69) is 213 Å². The van der Waals surface area contributed by atoms with Gasteiger partial charge in [0.1, 0.15) is 11.3 Å². The molecule has 1 N–H and O–H groups in total. The van der Waals surface area contributed by atoms with Crippen LogP contribution in [-0.4, -0.2) is 11.3 Å². The summed E-state index contributed by atoms with van der Waals surface area (Å²) in [6.45, 7) is 9.00. The first kappa shape index (κ1) is 43.2. The highest BCUT2D eigenvalue weighted by Gasteiger charge is 2.28. The summed E-state index contributed by atoms with van der Waals surface area (Å²) < 4.78 is 7.14. The number of aryl methyl sites for hydroxylation is 1. The van der Waals surface area contributed by atoms with Crippen molar-refractivity contribution in [3.05, 3.63) is 209 Å². The molecular formula is C64H57N2O2P. The Morgan fingerprint density at radius 3 is 2.10 bits per heavy atom. The molecule has 0 radical (unpaired) electrons. The van der Waals surface area contributed by atoms with Crippen LogP contribution in [0.15, 0.2) is 186 Å². The Morgan fingerprint density at radius 1 is 0.652 bits per heavy atom. The van der Waals surface area contributed by atoms with Crippen molar-refractivity contribution in [1.82, 2.24) is 0 Å². The second kappa shape index (κ2) is 17.7. The molecule has 1 aliphatic carbocycles. The molecule has 5 heteroatoms. The Labute approximate surface area is 407 Å². The van der Waals surface area contributed by atoms with Crippen molar-refractivity contribution in [3.63, 3.8) is 0 Å². The summed E-state index contributed by atoms with van der Waals surface area (Å²) in [5, 5.41) is 20.4. The predicted molar refractivity (Wildman–Crippen MR) is 295 cm³/mol. The minimum Gasteiger partial charge on any atom is -0.507 e. The molecule has 3 atom stereocenters.